The van der Waals surface area contributed by atoms with E-state index in [9.17, 15) is 4.79 Å². The molecule has 3 nitrogen and oxygen atoms in total. The molecule has 0 spiro atoms. The zero-order chi connectivity index (χ0) is 6.57. The van der Waals surface area contributed by atoms with Gasteiger partial charge in [0, 0.05) is 0 Å². The summed E-state index contributed by atoms with van der Waals surface area (Å²) in [6, 6.07) is 0. The summed E-state index contributed by atoms with van der Waals surface area (Å²) in [4.78, 5) is 10.2. The Morgan fingerprint density at radius 2 is 2.25 bits per heavy atom. The number of rotatable bonds is 2. The van der Waals surface area contributed by atoms with Crippen LogP contribution in [0.2, 0.25) is 0 Å². The van der Waals surface area contributed by atoms with Gasteiger partial charge in [-0.05, 0) is 13.8 Å². The summed E-state index contributed by atoms with van der Waals surface area (Å²) in [7, 11) is 0. The summed E-state index contributed by atoms with van der Waals surface area (Å²) in [5, 5.41) is 8.39. The van der Waals surface area contributed by atoms with Crippen molar-refractivity contribution in [3.05, 3.63) is 6.10 Å². The van der Waals surface area contributed by atoms with Gasteiger partial charge in [0.15, 0.2) is 6.10 Å². The second-order valence-corrected chi connectivity index (χ2v) is 1.31. The number of esters is 1. The van der Waals surface area contributed by atoms with Crippen molar-refractivity contribution in [1.29, 1.82) is 0 Å². The van der Waals surface area contributed by atoms with E-state index in [1.165, 1.54) is 6.92 Å². The third kappa shape index (κ3) is 2.58. The lowest BCUT2D eigenvalue weighted by Gasteiger charge is -1.99. The Morgan fingerprint density at radius 3 is 2.38 bits per heavy atom. The smallest absolute Gasteiger partial charge is 0.341 e. The quantitative estimate of drug-likeness (QED) is 0.535. The van der Waals surface area contributed by atoms with E-state index in [1.807, 2.05) is 0 Å². The topological polar surface area (TPSA) is 46.5 Å². The molecule has 0 saturated carbocycles. The van der Waals surface area contributed by atoms with E-state index in [4.69, 9.17) is 5.11 Å². The predicted molar refractivity (Wildman–Crippen MR) is 27.5 cm³/mol. The molecule has 1 radical (unpaired) electrons. The number of hydrogen-bond donors (Lipinski definition) is 1. The Morgan fingerprint density at radius 1 is 1.75 bits per heavy atom. The highest BCUT2D eigenvalue weighted by Crippen LogP contribution is 1.92. The molecule has 0 bridgehead atoms. The zero-order valence-electron chi connectivity index (χ0n) is 4.97. The summed E-state index contributed by atoms with van der Waals surface area (Å²) in [6.45, 7) is 3.27. The van der Waals surface area contributed by atoms with Crippen LogP contribution in [0.1, 0.15) is 13.8 Å². The van der Waals surface area contributed by atoms with Crippen LogP contribution in [0.15, 0.2) is 0 Å². The molecule has 0 saturated heterocycles. The third-order valence-electron chi connectivity index (χ3n) is 0.571. The van der Waals surface area contributed by atoms with Crippen molar-refractivity contribution < 1.29 is 14.6 Å². The van der Waals surface area contributed by atoms with Crippen molar-refractivity contribution in [2.75, 3.05) is 6.61 Å². The first-order valence-electron chi connectivity index (χ1n) is 2.38. The summed E-state index contributed by atoms with van der Waals surface area (Å²) in [5.41, 5.74) is 0. The van der Waals surface area contributed by atoms with Crippen LogP contribution in [0.5, 0.6) is 0 Å². The number of hydrogen-bond acceptors (Lipinski definition) is 3. The molecule has 0 aliphatic heterocycles. The van der Waals surface area contributed by atoms with Crippen molar-refractivity contribution in [3.63, 3.8) is 0 Å². The predicted octanol–water partition coefficient (Wildman–Crippen LogP) is 0.474. The van der Waals surface area contributed by atoms with E-state index in [0.29, 0.717) is 6.61 Å². The Balaban J connectivity index is 3.33. The molecule has 0 amide bonds. The van der Waals surface area contributed by atoms with E-state index < -0.39 is 5.97 Å². The van der Waals surface area contributed by atoms with Crippen molar-refractivity contribution in [2.45, 2.75) is 13.8 Å². The molecule has 0 atom stereocenters. The standard InChI is InChI=1S/C5H9O3/c1-3-8-5(7)4(2)6/h6H,3H2,1-2H3. The molecule has 0 aromatic carbocycles. The largest absolute Gasteiger partial charge is 0.464 e. The van der Waals surface area contributed by atoms with Crippen LogP contribution in [0.4, 0.5) is 0 Å². The van der Waals surface area contributed by atoms with Crippen LogP contribution >= 0.6 is 0 Å². The van der Waals surface area contributed by atoms with Gasteiger partial charge in [-0.15, -0.1) is 0 Å². The number of ether oxygens (including phenoxy) is 1. The third-order valence-corrected chi connectivity index (χ3v) is 0.571. The van der Waals surface area contributed by atoms with Gasteiger partial charge in [-0.2, -0.15) is 0 Å². The average molecular weight is 117 g/mol. The van der Waals surface area contributed by atoms with Gasteiger partial charge in [-0.3, -0.25) is 0 Å². The van der Waals surface area contributed by atoms with E-state index >= 15 is 0 Å². The molecule has 0 heterocycles. The lowest BCUT2D eigenvalue weighted by atomic mass is 10.4. The molecule has 0 unspecified atom stereocenters. The first-order chi connectivity index (χ1) is 3.68. The van der Waals surface area contributed by atoms with Gasteiger partial charge in [0.2, 0.25) is 0 Å². The van der Waals surface area contributed by atoms with Crippen molar-refractivity contribution in [2.24, 2.45) is 0 Å². The summed E-state index contributed by atoms with van der Waals surface area (Å²) in [6.07, 6.45) is -0.299. The second kappa shape index (κ2) is 3.43. The number of carbonyl (C=O) groups excluding carboxylic acids is 1. The maximum atomic E-state index is 10.2. The fourth-order valence-electron chi connectivity index (χ4n) is 0.236. The minimum Gasteiger partial charge on any atom is -0.464 e. The second-order valence-electron chi connectivity index (χ2n) is 1.31. The normalized spacial score (nSPS) is 9.50. The highest BCUT2D eigenvalue weighted by Gasteiger charge is 2.09. The monoisotopic (exact) mass is 117 g/mol. The van der Waals surface area contributed by atoms with Crippen LogP contribution in [-0.2, 0) is 9.53 Å². The molecule has 0 aliphatic carbocycles. The molecule has 0 aromatic heterocycles. The maximum Gasteiger partial charge on any atom is 0.341 e. The van der Waals surface area contributed by atoms with Gasteiger partial charge in [-0.1, -0.05) is 0 Å². The highest BCUT2D eigenvalue weighted by molar-refractivity contribution is 5.81. The van der Waals surface area contributed by atoms with Crippen LogP contribution < -0.4 is 0 Å². The van der Waals surface area contributed by atoms with Gasteiger partial charge < -0.3 is 9.84 Å². The molecular formula is C5H9O3. The molecule has 8 heavy (non-hydrogen) atoms. The molecule has 0 aromatic rings. The molecule has 1 N–H and O–H groups in total. The summed E-state index contributed by atoms with van der Waals surface area (Å²) >= 11 is 0. The lowest BCUT2D eigenvalue weighted by Crippen LogP contribution is -2.11. The minimum atomic E-state index is -0.646. The number of aliphatic hydroxyl groups is 1. The Bertz CT molecular complexity index is 77.7. The Kier molecular flexibility index (Phi) is 3.19. The van der Waals surface area contributed by atoms with Crippen molar-refractivity contribution >= 4 is 5.97 Å². The highest BCUT2D eigenvalue weighted by atomic mass is 16.5. The maximum absolute atomic E-state index is 10.2. The van der Waals surface area contributed by atoms with Gasteiger partial charge in [0.25, 0.3) is 0 Å². The first kappa shape index (κ1) is 7.43. The van der Waals surface area contributed by atoms with E-state index in [2.05, 4.69) is 4.74 Å². The average Bonchev–Trinajstić information content (AvgIpc) is 1.67. The summed E-state index contributed by atoms with van der Waals surface area (Å²) in [5.74, 6) is -0.646. The molecule has 0 fully saturated rings. The number of carbonyl (C=O) groups is 1. The van der Waals surface area contributed by atoms with Crippen LogP contribution in [0.25, 0.3) is 0 Å². The Hall–Kier alpha value is -0.570. The first-order valence-corrected chi connectivity index (χ1v) is 2.38. The molecule has 0 aliphatic rings. The van der Waals surface area contributed by atoms with Gasteiger partial charge in [0.1, 0.15) is 0 Å². The fourth-order valence-corrected chi connectivity index (χ4v) is 0.236. The van der Waals surface area contributed by atoms with Gasteiger partial charge in [0.05, 0.1) is 6.61 Å². The number of aliphatic hydroxyl groups excluding tert-OH is 1. The van der Waals surface area contributed by atoms with Crippen LogP contribution in [-0.4, -0.2) is 17.7 Å². The molecular weight excluding hydrogens is 108 g/mol. The molecule has 3 heteroatoms. The van der Waals surface area contributed by atoms with Crippen molar-refractivity contribution in [1.82, 2.24) is 0 Å². The van der Waals surface area contributed by atoms with Crippen LogP contribution in [0.3, 0.4) is 0 Å². The fraction of sp³-hybridized carbons (Fsp3) is 0.600. The Labute approximate surface area is 48.3 Å². The molecule has 47 valence electrons. The minimum absolute atomic E-state index is 0.299. The van der Waals surface area contributed by atoms with Crippen LogP contribution in [0, 0.1) is 6.10 Å². The van der Waals surface area contributed by atoms with E-state index in [0.717, 1.165) is 0 Å². The summed E-state index contributed by atoms with van der Waals surface area (Å²) < 4.78 is 4.38. The van der Waals surface area contributed by atoms with Gasteiger partial charge in [-0.25, -0.2) is 4.79 Å². The van der Waals surface area contributed by atoms with E-state index in [1.54, 1.807) is 6.92 Å². The lowest BCUT2D eigenvalue weighted by molar-refractivity contribution is -0.145. The van der Waals surface area contributed by atoms with Gasteiger partial charge >= 0.3 is 5.97 Å². The zero-order valence-corrected chi connectivity index (χ0v) is 4.97. The van der Waals surface area contributed by atoms with E-state index in [-0.39, 0.29) is 6.10 Å². The molecule has 0 rings (SSSR count). The van der Waals surface area contributed by atoms with Crippen molar-refractivity contribution in [3.8, 4) is 0 Å². The SMILES string of the molecule is CCOC(=O)[C](C)O.